The number of fused-ring (bicyclic) bond motifs is 1. The van der Waals surface area contributed by atoms with Gasteiger partial charge in [-0.05, 0) is 51.5 Å². The third-order valence-electron chi connectivity index (χ3n) is 6.92. The van der Waals surface area contributed by atoms with Gasteiger partial charge in [-0.25, -0.2) is 0 Å². The van der Waals surface area contributed by atoms with Crippen molar-refractivity contribution in [2.24, 2.45) is 5.41 Å². The van der Waals surface area contributed by atoms with Gasteiger partial charge < -0.3 is 15.0 Å². The summed E-state index contributed by atoms with van der Waals surface area (Å²) in [7, 11) is 1.75. The molecule has 2 saturated carbocycles. The zero-order chi connectivity index (χ0) is 19.2. The van der Waals surface area contributed by atoms with Crippen LogP contribution in [0, 0.1) is 5.41 Å². The molecule has 1 aromatic rings. The zero-order valence-electron chi connectivity index (χ0n) is 16.5. The van der Waals surface area contributed by atoms with Crippen LogP contribution in [-0.2, 0) is 16.1 Å². The fourth-order valence-electron chi connectivity index (χ4n) is 4.64. The van der Waals surface area contributed by atoms with E-state index < -0.39 is 0 Å². The third kappa shape index (κ3) is 3.16. The zero-order valence-corrected chi connectivity index (χ0v) is 16.5. The maximum Gasteiger partial charge on any atom is 0.274 e. The predicted octanol–water partition coefficient (Wildman–Crippen LogP) is 1.97. The van der Waals surface area contributed by atoms with E-state index in [1.807, 2.05) is 24.9 Å². The van der Waals surface area contributed by atoms with Gasteiger partial charge in [-0.2, -0.15) is 5.10 Å². The molecule has 0 spiro atoms. The van der Waals surface area contributed by atoms with Gasteiger partial charge in [0, 0.05) is 37.9 Å². The van der Waals surface area contributed by atoms with Crippen LogP contribution in [0.3, 0.4) is 0 Å². The number of aryl methyl sites for hydroxylation is 1. The highest BCUT2D eigenvalue weighted by Gasteiger charge is 2.54. The van der Waals surface area contributed by atoms with Crippen LogP contribution in [0.5, 0.6) is 0 Å². The Morgan fingerprint density at radius 1 is 1.33 bits per heavy atom. The number of carbonyl (C=O) groups excluding carboxylic acids is 2. The summed E-state index contributed by atoms with van der Waals surface area (Å²) in [5.41, 5.74) is 0.0159. The van der Waals surface area contributed by atoms with Gasteiger partial charge in [0.25, 0.3) is 5.91 Å². The number of nitrogens with one attached hydrogen (secondary N) is 1. The number of amides is 2. The highest BCUT2D eigenvalue weighted by atomic mass is 16.5. The molecule has 0 radical (unpaired) electrons. The van der Waals surface area contributed by atoms with Crippen LogP contribution >= 0.6 is 0 Å². The van der Waals surface area contributed by atoms with Gasteiger partial charge in [-0.15, -0.1) is 0 Å². The van der Waals surface area contributed by atoms with Gasteiger partial charge in [-0.1, -0.05) is 6.92 Å². The van der Waals surface area contributed by atoms with Crippen molar-refractivity contribution in [1.82, 2.24) is 20.0 Å². The van der Waals surface area contributed by atoms with Crippen LogP contribution in [0.1, 0.15) is 62.9 Å². The van der Waals surface area contributed by atoms with Crippen LogP contribution in [0.4, 0.5) is 0 Å². The number of nitrogens with zero attached hydrogens (tertiary/aromatic N) is 3. The first-order valence-electron chi connectivity index (χ1n) is 10.1. The standard InChI is InChI=1S/C20H30N4O3/c1-4-23-11-6-15(22-23)17(25)24-12-10-20(27-3)7-5-14(13-16(20)24)21-18(26)19(2)8-9-19/h6,11,14,16H,4-5,7-10,12-13H2,1-3H3,(H,21,26). The second-order valence-electron chi connectivity index (χ2n) is 8.60. The number of aromatic nitrogens is 2. The van der Waals surface area contributed by atoms with Crippen LogP contribution in [0.15, 0.2) is 12.3 Å². The van der Waals surface area contributed by atoms with Crippen molar-refractivity contribution in [3.63, 3.8) is 0 Å². The molecule has 2 heterocycles. The van der Waals surface area contributed by atoms with E-state index in [2.05, 4.69) is 10.4 Å². The second-order valence-corrected chi connectivity index (χ2v) is 8.60. The molecule has 7 heteroatoms. The molecular weight excluding hydrogens is 344 g/mol. The number of carbonyl (C=O) groups is 2. The van der Waals surface area contributed by atoms with Crippen LogP contribution in [-0.4, -0.2) is 57.8 Å². The molecule has 3 aliphatic rings. The summed E-state index contributed by atoms with van der Waals surface area (Å²) >= 11 is 0. The SMILES string of the molecule is CCn1ccc(C(=O)N2CCC3(OC)CCC(NC(=O)C4(C)CC4)CC23)n1. The highest BCUT2D eigenvalue weighted by Crippen LogP contribution is 2.46. The van der Waals surface area contributed by atoms with Crippen molar-refractivity contribution in [3.8, 4) is 0 Å². The average molecular weight is 374 g/mol. The maximum absolute atomic E-state index is 13.1. The Hall–Kier alpha value is -1.89. The largest absolute Gasteiger partial charge is 0.376 e. The third-order valence-corrected chi connectivity index (χ3v) is 6.92. The minimum Gasteiger partial charge on any atom is -0.376 e. The molecule has 27 heavy (non-hydrogen) atoms. The first-order valence-corrected chi connectivity index (χ1v) is 10.1. The van der Waals surface area contributed by atoms with Gasteiger partial charge in [0.1, 0.15) is 5.69 Å². The summed E-state index contributed by atoms with van der Waals surface area (Å²) in [5, 5.41) is 7.62. The quantitative estimate of drug-likeness (QED) is 0.855. The number of rotatable bonds is 5. The van der Waals surface area contributed by atoms with E-state index in [9.17, 15) is 9.59 Å². The minimum absolute atomic E-state index is 0.0205. The molecular formula is C20H30N4O3. The molecule has 2 aliphatic carbocycles. The number of hydrogen-bond acceptors (Lipinski definition) is 4. The second kappa shape index (κ2) is 6.62. The fraction of sp³-hybridized carbons (Fsp3) is 0.750. The Balaban J connectivity index is 1.50. The molecule has 1 N–H and O–H groups in total. The van der Waals surface area contributed by atoms with E-state index in [1.165, 1.54) is 0 Å². The van der Waals surface area contributed by atoms with Crippen LogP contribution in [0.2, 0.25) is 0 Å². The molecule has 2 amide bonds. The Kier molecular flexibility index (Phi) is 4.53. The van der Waals surface area contributed by atoms with Gasteiger partial charge in [0.05, 0.1) is 11.6 Å². The van der Waals surface area contributed by atoms with Crippen molar-refractivity contribution in [2.45, 2.75) is 76.6 Å². The summed E-state index contributed by atoms with van der Waals surface area (Å²) in [6, 6.07) is 1.87. The van der Waals surface area contributed by atoms with Crippen molar-refractivity contribution in [1.29, 1.82) is 0 Å². The topological polar surface area (TPSA) is 76.5 Å². The Labute approximate surface area is 160 Å². The number of ether oxygens (including phenoxy) is 1. The monoisotopic (exact) mass is 374 g/mol. The van der Waals surface area contributed by atoms with Crippen molar-refractivity contribution in [3.05, 3.63) is 18.0 Å². The van der Waals surface area contributed by atoms with Gasteiger partial charge in [0.2, 0.25) is 5.91 Å². The number of methoxy groups -OCH3 is 1. The lowest BCUT2D eigenvalue weighted by molar-refractivity contribution is -0.127. The fourth-order valence-corrected chi connectivity index (χ4v) is 4.64. The Bertz CT molecular complexity index is 741. The lowest BCUT2D eigenvalue weighted by atomic mass is 9.78. The predicted molar refractivity (Wildman–Crippen MR) is 100 cm³/mol. The van der Waals surface area contributed by atoms with Crippen LogP contribution in [0.25, 0.3) is 0 Å². The lowest BCUT2D eigenvalue weighted by Crippen LogP contribution is -2.56. The van der Waals surface area contributed by atoms with Crippen molar-refractivity contribution < 1.29 is 14.3 Å². The summed E-state index contributed by atoms with van der Waals surface area (Å²) in [6.07, 6.45) is 7.14. The molecule has 3 atom stereocenters. The Morgan fingerprint density at radius 3 is 2.74 bits per heavy atom. The summed E-state index contributed by atoms with van der Waals surface area (Å²) in [5.74, 6) is 0.127. The molecule has 148 valence electrons. The molecule has 0 bridgehead atoms. The average Bonchev–Trinajstić information content (AvgIpc) is 3.12. The van der Waals surface area contributed by atoms with E-state index in [-0.39, 0.29) is 34.9 Å². The molecule has 1 saturated heterocycles. The molecule has 7 nitrogen and oxygen atoms in total. The van der Waals surface area contributed by atoms with Crippen molar-refractivity contribution >= 4 is 11.8 Å². The molecule has 4 rings (SSSR count). The van der Waals surface area contributed by atoms with Crippen LogP contribution < -0.4 is 5.32 Å². The van der Waals surface area contributed by atoms with E-state index in [1.54, 1.807) is 17.9 Å². The van der Waals surface area contributed by atoms with Gasteiger partial charge in [-0.3, -0.25) is 14.3 Å². The lowest BCUT2D eigenvalue weighted by Gasteiger charge is -2.43. The summed E-state index contributed by atoms with van der Waals surface area (Å²) in [4.78, 5) is 27.5. The highest BCUT2D eigenvalue weighted by molar-refractivity contribution is 5.92. The number of likely N-dealkylation sites (tertiary alicyclic amines) is 1. The first-order chi connectivity index (χ1) is 12.9. The van der Waals surface area contributed by atoms with E-state index in [0.717, 1.165) is 45.1 Å². The molecule has 1 aromatic heterocycles. The summed E-state index contributed by atoms with van der Waals surface area (Å²) < 4.78 is 7.72. The maximum atomic E-state index is 13.1. The normalized spacial score (nSPS) is 31.4. The first kappa shape index (κ1) is 18.5. The summed E-state index contributed by atoms with van der Waals surface area (Å²) in [6.45, 7) is 5.45. The Morgan fingerprint density at radius 2 is 2.11 bits per heavy atom. The molecule has 0 aromatic carbocycles. The number of hydrogen-bond donors (Lipinski definition) is 1. The molecule has 3 fully saturated rings. The smallest absolute Gasteiger partial charge is 0.274 e. The van der Waals surface area contributed by atoms with Gasteiger partial charge >= 0.3 is 0 Å². The minimum atomic E-state index is -0.298. The van der Waals surface area contributed by atoms with E-state index >= 15 is 0 Å². The van der Waals surface area contributed by atoms with Gasteiger partial charge in [0.15, 0.2) is 0 Å². The van der Waals surface area contributed by atoms with E-state index in [4.69, 9.17) is 4.74 Å². The molecule has 1 aliphatic heterocycles. The van der Waals surface area contributed by atoms with Crippen molar-refractivity contribution in [2.75, 3.05) is 13.7 Å². The van der Waals surface area contributed by atoms with E-state index in [0.29, 0.717) is 12.2 Å². The molecule has 3 unspecified atom stereocenters.